The van der Waals surface area contributed by atoms with Gasteiger partial charge in [-0.25, -0.2) is 4.79 Å². The Bertz CT molecular complexity index is 387. The molecule has 7 heteroatoms. The molecule has 4 N–H and O–H groups in total. The summed E-state index contributed by atoms with van der Waals surface area (Å²) in [7, 11) is 0. The van der Waals surface area contributed by atoms with Crippen LogP contribution in [0.4, 0.5) is 4.79 Å². The van der Waals surface area contributed by atoms with Crippen LogP contribution in [0.25, 0.3) is 0 Å². The summed E-state index contributed by atoms with van der Waals surface area (Å²) in [5, 5.41) is 11.5. The molecule has 1 saturated heterocycles. The van der Waals surface area contributed by atoms with Gasteiger partial charge < -0.3 is 21.1 Å². The number of nitrogens with two attached hydrogens (primary N) is 1. The lowest BCUT2D eigenvalue weighted by Crippen LogP contribution is -2.52. The maximum atomic E-state index is 12.1. The van der Waals surface area contributed by atoms with Gasteiger partial charge in [0, 0.05) is 25.0 Å². The molecule has 0 bridgehead atoms. The van der Waals surface area contributed by atoms with E-state index < -0.39 is 11.5 Å². The third kappa shape index (κ3) is 5.46. The first-order valence-corrected chi connectivity index (χ1v) is 6.77. The molecule has 0 aromatic heterocycles. The normalized spacial score (nSPS) is 16.8. The van der Waals surface area contributed by atoms with Gasteiger partial charge in [0.25, 0.3) is 0 Å². The second-order valence-corrected chi connectivity index (χ2v) is 5.99. The average molecular weight is 285 g/mol. The molecule has 20 heavy (non-hydrogen) atoms. The van der Waals surface area contributed by atoms with Crippen molar-refractivity contribution in [1.29, 1.82) is 0 Å². The van der Waals surface area contributed by atoms with Crippen molar-refractivity contribution < 1.29 is 19.5 Å². The van der Waals surface area contributed by atoms with E-state index in [2.05, 4.69) is 5.32 Å². The van der Waals surface area contributed by atoms with Crippen LogP contribution in [0.15, 0.2) is 0 Å². The van der Waals surface area contributed by atoms with Crippen LogP contribution in [0.1, 0.15) is 39.5 Å². The van der Waals surface area contributed by atoms with Gasteiger partial charge in [-0.1, -0.05) is 0 Å². The lowest BCUT2D eigenvalue weighted by molar-refractivity contribution is -0.138. The summed E-state index contributed by atoms with van der Waals surface area (Å²) in [4.78, 5) is 35.3. The predicted octanol–water partition coefficient (Wildman–Crippen LogP) is 0.537. The number of hydrogen-bond acceptors (Lipinski definition) is 3. The molecule has 0 unspecified atom stereocenters. The number of nitrogens with zero attached hydrogens (tertiary/aromatic N) is 1. The van der Waals surface area contributed by atoms with Crippen molar-refractivity contribution in [1.82, 2.24) is 10.2 Å². The molecular formula is C13H23N3O4. The zero-order valence-corrected chi connectivity index (χ0v) is 12.0. The van der Waals surface area contributed by atoms with Gasteiger partial charge in [0.2, 0.25) is 5.91 Å². The van der Waals surface area contributed by atoms with Gasteiger partial charge in [-0.05, 0) is 32.6 Å². The summed E-state index contributed by atoms with van der Waals surface area (Å²) in [6.45, 7) is 4.48. The summed E-state index contributed by atoms with van der Waals surface area (Å²) in [6, 6.07) is -0.256. The quantitative estimate of drug-likeness (QED) is 0.684. The summed E-state index contributed by atoms with van der Waals surface area (Å²) >= 11 is 0. The fourth-order valence-electron chi connectivity index (χ4n) is 2.42. The van der Waals surface area contributed by atoms with Crippen LogP contribution in [0.3, 0.4) is 0 Å². The largest absolute Gasteiger partial charge is 0.481 e. The smallest absolute Gasteiger partial charge is 0.317 e. The Kier molecular flexibility index (Phi) is 5.35. The number of likely N-dealkylation sites (tertiary alicyclic amines) is 1. The Morgan fingerprint density at radius 3 is 2.30 bits per heavy atom. The molecule has 0 atom stereocenters. The third-order valence-corrected chi connectivity index (χ3v) is 3.43. The highest BCUT2D eigenvalue weighted by atomic mass is 16.4. The fraction of sp³-hybridized carbons (Fsp3) is 0.769. The van der Waals surface area contributed by atoms with Crippen LogP contribution in [-0.2, 0) is 9.59 Å². The molecule has 1 heterocycles. The Labute approximate surface area is 118 Å². The van der Waals surface area contributed by atoms with E-state index in [0.29, 0.717) is 19.5 Å². The minimum absolute atomic E-state index is 0.128. The number of piperidine rings is 1. The number of urea groups is 1. The van der Waals surface area contributed by atoms with Crippen LogP contribution in [0.5, 0.6) is 0 Å². The van der Waals surface area contributed by atoms with Gasteiger partial charge in [-0.2, -0.15) is 0 Å². The summed E-state index contributed by atoms with van der Waals surface area (Å²) in [6.07, 6.45) is 1.72. The molecule has 0 aliphatic carbocycles. The van der Waals surface area contributed by atoms with Crippen LogP contribution in [0.2, 0.25) is 0 Å². The molecule has 1 aliphatic heterocycles. The summed E-state index contributed by atoms with van der Waals surface area (Å²) < 4.78 is 0. The number of rotatable bonds is 5. The molecule has 7 nitrogen and oxygen atoms in total. The van der Waals surface area contributed by atoms with Crippen molar-refractivity contribution in [3.05, 3.63) is 0 Å². The number of amides is 3. The summed E-state index contributed by atoms with van der Waals surface area (Å²) in [5.41, 5.74) is 4.38. The highest BCUT2D eigenvalue weighted by Crippen LogP contribution is 2.20. The van der Waals surface area contributed by atoms with Crippen molar-refractivity contribution >= 4 is 17.9 Å². The van der Waals surface area contributed by atoms with E-state index in [4.69, 9.17) is 10.8 Å². The van der Waals surface area contributed by atoms with Gasteiger partial charge in [-0.15, -0.1) is 0 Å². The van der Waals surface area contributed by atoms with E-state index in [1.54, 1.807) is 18.7 Å². The Morgan fingerprint density at radius 1 is 1.30 bits per heavy atom. The van der Waals surface area contributed by atoms with Crippen LogP contribution >= 0.6 is 0 Å². The average Bonchev–Trinajstić information content (AvgIpc) is 2.26. The lowest BCUT2D eigenvalue weighted by Gasteiger charge is -2.34. The second-order valence-electron chi connectivity index (χ2n) is 5.99. The second kappa shape index (κ2) is 6.58. The van der Waals surface area contributed by atoms with E-state index in [1.165, 1.54) is 0 Å². The molecular weight excluding hydrogens is 262 g/mol. The third-order valence-electron chi connectivity index (χ3n) is 3.43. The van der Waals surface area contributed by atoms with Crippen molar-refractivity contribution in [2.75, 3.05) is 13.1 Å². The number of nitrogens with one attached hydrogen (secondary N) is 1. The summed E-state index contributed by atoms with van der Waals surface area (Å²) in [5.74, 6) is -1.02. The first kappa shape index (κ1) is 16.3. The Morgan fingerprint density at radius 2 is 1.85 bits per heavy atom. The van der Waals surface area contributed by atoms with E-state index >= 15 is 0 Å². The van der Waals surface area contributed by atoms with Crippen LogP contribution in [0, 0.1) is 5.92 Å². The number of carboxylic acids is 1. The molecule has 0 aromatic rings. The van der Waals surface area contributed by atoms with E-state index in [9.17, 15) is 14.4 Å². The molecule has 0 saturated carbocycles. The van der Waals surface area contributed by atoms with Crippen molar-refractivity contribution in [2.45, 2.75) is 45.1 Å². The highest BCUT2D eigenvalue weighted by Gasteiger charge is 2.29. The Hall–Kier alpha value is -1.79. The van der Waals surface area contributed by atoms with Gasteiger partial charge in [0.1, 0.15) is 0 Å². The van der Waals surface area contributed by atoms with E-state index in [-0.39, 0.29) is 24.3 Å². The monoisotopic (exact) mass is 285 g/mol. The molecule has 0 radical (unpaired) electrons. The molecule has 3 amide bonds. The van der Waals surface area contributed by atoms with Crippen molar-refractivity contribution in [3.63, 3.8) is 0 Å². The number of carbonyl (C=O) groups is 3. The minimum Gasteiger partial charge on any atom is -0.481 e. The van der Waals surface area contributed by atoms with Gasteiger partial charge >= 0.3 is 12.0 Å². The van der Waals surface area contributed by atoms with Crippen molar-refractivity contribution in [2.24, 2.45) is 11.7 Å². The van der Waals surface area contributed by atoms with Gasteiger partial charge in [0.15, 0.2) is 0 Å². The molecule has 0 aromatic carbocycles. The zero-order valence-electron chi connectivity index (χ0n) is 12.0. The highest BCUT2D eigenvalue weighted by molar-refractivity contribution is 5.77. The minimum atomic E-state index is -0.949. The van der Waals surface area contributed by atoms with Crippen LogP contribution in [-0.4, -0.2) is 46.5 Å². The number of carbonyl (C=O) groups excluding carboxylic acids is 2. The van der Waals surface area contributed by atoms with E-state index in [1.807, 2.05) is 0 Å². The standard InChI is InChI=1S/C13H23N3O4/c1-13(2,8-11(18)19)15-12(20)16-5-3-9(4-6-16)7-10(14)17/h9H,3-8H2,1-2H3,(H2,14,17)(H,15,20)(H,18,19). The Balaban J connectivity index is 2.43. The lowest BCUT2D eigenvalue weighted by atomic mass is 9.93. The zero-order chi connectivity index (χ0) is 15.3. The fourth-order valence-corrected chi connectivity index (χ4v) is 2.42. The molecule has 114 valence electrons. The topological polar surface area (TPSA) is 113 Å². The maximum absolute atomic E-state index is 12.1. The van der Waals surface area contributed by atoms with Gasteiger partial charge in [0.05, 0.1) is 6.42 Å². The number of primary amides is 1. The molecule has 1 fully saturated rings. The number of carboxylic acid groups (broad SMARTS) is 1. The SMILES string of the molecule is CC(C)(CC(=O)O)NC(=O)N1CCC(CC(N)=O)CC1. The molecule has 0 spiro atoms. The first-order chi connectivity index (χ1) is 9.19. The maximum Gasteiger partial charge on any atom is 0.317 e. The molecule has 1 rings (SSSR count). The number of aliphatic carboxylic acids is 1. The number of hydrogen-bond donors (Lipinski definition) is 3. The molecule has 1 aliphatic rings. The van der Waals surface area contributed by atoms with Gasteiger partial charge in [-0.3, -0.25) is 9.59 Å². The van der Waals surface area contributed by atoms with E-state index in [0.717, 1.165) is 12.8 Å². The van der Waals surface area contributed by atoms with Crippen LogP contribution < -0.4 is 11.1 Å². The van der Waals surface area contributed by atoms with Crippen molar-refractivity contribution in [3.8, 4) is 0 Å². The first-order valence-electron chi connectivity index (χ1n) is 6.77. The predicted molar refractivity (Wildman–Crippen MR) is 73.0 cm³/mol.